The summed E-state index contributed by atoms with van der Waals surface area (Å²) in [6.45, 7) is 2.14. The highest BCUT2D eigenvalue weighted by atomic mass is 79.9. The van der Waals surface area contributed by atoms with E-state index in [-0.39, 0.29) is 0 Å². The van der Waals surface area contributed by atoms with Crippen molar-refractivity contribution >= 4 is 32.3 Å². The Morgan fingerprint density at radius 2 is 1.68 bits per heavy atom. The minimum Gasteiger partial charge on any atom is -0.236 e. The third kappa shape index (κ3) is 2.72. The molecule has 0 aliphatic carbocycles. The molecule has 0 saturated heterocycles. The lowest BCUT2D eigenvalue weighted by molar-refractivity contribution is 0.894. The molecule has 0 atom stereocenters. The van der Waals surface area contributed by atoms with Gasteiger partial charge >= 0.3 is 0 Å². The molecule has 0 amide bonds. The van der Waals surface area contributed by atoms with Gasteiger partial charge in [0.1, 0.15) is 0 Å². The average Bonchev–Trinajstić information content (AvgIpc) is 3.13. The number of fused-ring (bicyclic) bond motifs is 2. The minimum atomic E-state index is 0.851. The highest BCUT2D eigenvalue weighted by molar-refractivity contribution is 9.10. The summed E-state index contributed by atoms with van der Waals surface area (Å²) in [6.07, 6.45) is 2.74. The second kappa shape index (κ2) is 6.88. The van der Waals surface area contributed by atoms with Crippen LogP contribution in [0.3, 0.4) is 0 Å². The quantitative estimate of drug-likeness (QED) is 0.327. The van der Waals surface area contributed by atoms with E-state index in [4.69, 9.17) is 10.1 Å². The van der Waals surface area contributed by atoms with Crippen molar-refractivity contribution in [1.29, 1.82) is 0 Å². The average molecular weight is 428 g/mol. The van der Waals surface area contributed by atoms with Crippen molar-refractivity contribution in [2.24, 2.45) is 0 Å². The first-order valence-electron chi connectivity index (χ1n) is 9.37. The lowest BCUT2D eigenvalue weighted by Crippen LogP contribution is -1.96. The predicted molar refractivity (Wildman–Crippen MR) is 118 cm³/mol. The monoisotopic (exact) mass is 427 g/mol. The molecular weight excluding hydrogens is 410 g/mol. The van der Waals surface area contributed by atoms with Crippen molar-refractivity contribution < 1.29 is 0 Å². The second-order valence-electron chi connectivity index (χ2n) is 6.77. The summed E-state index contributed by atoms with van der Waals surface area (Å²) in [6, 6.07) is 25.3. The Morgan fingerprint density at radius 3 is 2.50 bits per heavy atom. The normalized spacial score (nSPS) is 11.4. The van der Waals surface area contributed by atoms with Gasteiger partial charge in [-0.1, -0.05) is 77.5 Å². The summed E-state index contributed by atoms with van der Waals surface area (Å²) in [7, 11) is 0. The van der Waals surface area contributed by atoms with Crippen LogP contribution in [0.5, 0.6) is 0 Å². The zero-order chi connectivity index (χ0) is 19.1. The third-order valence-corrected chi connectivity index (χ3v) is 5.65. The molecule has 28 heavy (non-hydrogen) atoms. The number of aryl methyl sites for hydroxylation is 1. The summed E-state index contributed by atoms with van der Waals surface area (Å²) in [5.74, 6) is 0. The molecule has 136 valence electrons. The first-order valence-corrected chi connectivity index (χ1v) is 10.2. The van der Waals surface area contributed by atoms with E-state index in [0.717, 1.165) is 44.6 Å². The van der Waals surface area contributed by atoms with Gasteiger partial charge in [0.05, 0.1) is 11.4 Å². The van der Waals surface area contributed by atoms with Gasteiger partial charge in [0.15, 0.2) is 5.65 Å². The number of nitrogens with zero attached hydrogens (tertiary/aromatic N) is 3. The first-order chi connectivity index (χ1) is 13.8. The van der Waals surface area contributed by atoms with Gasteiger partial charge in [-0.15, -0.1) is 0 Å². The third-order valence-electron chi connectivity index (χ3n) is 5.12. The molecule has 0 saturated carbocycles. The maximum Gasteiger partial charge on any atom is 0.163 e. The van der Waals surface area contributed by atoms with Crippen LogP contribution in [0.25, 0.3) is 38.8 Å². The van der Waals surface area contributed by atoms with Crippen molar-refractivity contribution in [3.8, 4) is 22.4 Å². The smallest absolute Gasteiger partial charge is 0.163 e. The second-order valence-corrected chi connectivity index (χ2v) is 7.69. The van der Waals surface area contributed by atoms with Crippen LogP contribution in [-0.4, -0.2) is 14.6 Å². The number of halogens is 1. The van der Waals surface area contributed by atoms with Crippen molar-refractivity contribution in [1.82, 2.24) is 14.6 Å². The molecule has 0 aliphatic rings. The van der Waals surface area contributed by atoms with E-state index in [1.54, 1.807) is 0 Å². The summed E-state index contributed by atoms with van der Waals surface area (Å²) < 4.78 is 3.06. The highest BCUT2D eigenvalue weighted by Gasteiger charge is 2.18. The molecule has 0 unspecified atom stereocenters. The molecule has 3 nitrogen and oxygen atoms in total. The lowest BCUT2D eigenvalue weighted by Gasteiger charge is -2.09. The first kappa shape index (κ1) is 17.1. The summed E-state index contributed by atoms with van der Waals surface area (Å²) >= 11 is 3.52. The molecule has 5 rings (SSSR count). The zero-order valence-corrected chi connectivity index (χ0v) is 17.0. The van der Waals surface area contributed by atoms with Crippen molar-refractivity contribution in [2.45, 2.75) is 13.3 Å². The van der Waals surface area contributed by atoms with Gasteiger partial charge in [-0.3, -0.25) is 0 Å². The molecule has 0 bridgehead atoms. The van der Waals surface area contributed by atoms with Crippen LogP contribution >= 0.6 is 15.9 Å². The number of benzene rings is 3. The van der Waals surface area contributed by atoms with Crippen molar-refractivity contribution in [3.63, 3.8) is 0 Å². The minimum absolute atomic E-state index is 0.851. The summed E-state index contributed by atoms with van der Waals surface area (Å²) in [4.78, 5) is 4.70. The topological polar surface area (TPSA) is 30.2 Å². The number of hydrogen-bond donors (Lipinski definition) is 0. The molecule has 0 fully saturated rings. The molecule has 2 aromatic heterocycles. The standard InChI is InChI=1S/C24H18BrN3/c1-2-21-23(17-10-12-18(25)13-11-17)24-26-15-14-22(28(24)27-21)20-9-5-7-16-6-3-4-8-19(16)20/h3-15H,2H2,1H3. The number of hydrogen-bond acceptors (Lipinski definition) is 2. The van der Waals surface area contributed by atoms with Crippen molar-refractivity contribution in [2.75, 3.05) is 0 Å². The molecular formula is C24H18BrN3. The van der Waals surface area contributed by atoms with Crippen LogP contribution in [0, 0.1) is 0 Å². The van der Waals surface area contributed by atoms with Crippen LogP contribution in [0.4, 0.5) is 0 Å². The number of aromatic nitrogens is 3. The largest absolute Gasteiger partial charge is 0.236 e. The van der Waals surface area contributed by atoms with E-state index in [0.29, 0.717) is 0 Å². The molecule has 2 heterocycles. The molecule has 3 aromatic carbocycles. The summed E-state index contributed by atoms with van der Waals surface area (Å²) in [5, 5.41) is 7.40. The predicted octanol–water partition coefficient (Wildman–Crippen LogP) is 6.54. The maximum absolute atomic E-state index is 4.96. The van der Waals surface area contributed by atoms with Gasteiger partial charge in [0.25, 0.3) is 0 Å². The number of rotatable bonds is 3. The highest BCUT2D eigenvalue weighted by Crippen LogP contribution is 2.33. The summed E-state index contributed by atoms with van der Waals surface area (Å²) in [5.41, 5.74) is 6.42. The van der Waals surface area contributed by atoms with Crippen LogP contribution in [0.15, 0.2) is 83.5 Å². The fourth-order valence-corrected chi connectivity index (χ4v) is 4.07. The van der Waals surface area contributed by atoms with E-state index in [9.17, 15) is 0 Å². The van der Waals surface area contributed by atoms with Crippen LogP contribution in [0.1, 0.15) is 12.6 Å². The van der Waals surface area contributed by atoms with Gasteiger partial charge in [0, 0.05) is 21.8 Å². The Kier molecular flexibility index (Phi) is 4.21. The fraction of sp³-hybridized carbons (Fsp3) is 0.0833. The zero-order valence-electron chi connectivity index (χ0n) is 15.4. The van der Waals surface area contributed by atoms with Crippen molar-refractivity contribution in [3.05, 3.63) is 89.2 Å². The van der Waals surface area contributed by atoms with E-state index < -0.39 is 0 Å². The fourth-order valence-electron chi connectivity index (χ4n) is 3.80. The van der Waals surface area contributed by atoms with Gasteiger partial charge in [-0.25, -0.2) is 9.50 Å². The van der Waals surface area contributed by atoms with Gasteiger partial charge in [0.2, 0.25) is 0 Å². The van der Waals surface area contributed by atoms with Gasteiger partial charge < -0.3 is 0 Å². The molecule has 0 spiro atoms. The molecule has 4 heteroatoms. The Labute approximate surface area is 171 Å². The molecule has 0 N–H and O–H groups in total. The van der Waals surface area contributed by atoms with E-state index in [2.05, 4.69) is 89.6 Å². The Hall–Kier alpha value is -2.98. The Morgan fingerprint density at radius 1 is 0.893 bits per heavy atom. The van der Waals surface area contributed by atoms with E-state index in [1.165, 1.54) is 10.8 Å². The lowest BCUT2D eigenvalue weighted by atomic mass is 10.0. The van der Waals surface area contributed by atoms with E-state index >= 15 is 0 Å². The molecule has 0 radical (unpaired) electrons. The van der Waals surface area contributed by atoms with Crippen LogP contribution < -0.4 is 0 Å². The molecule has 5 aromatic rings. The Balaban J connectivity index is 1.82. The van der Waals surface area contributed by atoms with E-state index in [1.807, 2.05) is 16.8 Å². The molecule has 0 aliphatic heterocycles. The van der Waals surface area contributed by atoms with Crippen LogP contribution in [0.2, 0.25) is 0 Å². The van der Waals surface area contributed by atoms with Gasteiger partial charge in [-0.05, 0) is 41.0 Å². The van der Waals surface area contributed by atoms with Crippen LogP contribution in [-0.2, 0) is 6.42 Å². The maximum atomic E-state index is 4.96. The SMILES string of the molecule is CCc1nn2c(-c3cccc4ccccc34)ccnc2c1-c1ccc(Br)cc1. The van der Waals surface area contributed by atoms with Gasteiger partial charge in [-0.2, -0.15) is 5.10 Å². The Bertz CT molecular complexity index is 1300.